The fourth-order valence-electron chi connectivity index (χ4n) is 9.79. The Morgan fingerprint density at radius 1 is 0.197 bits per heavy atom. The molecule has 0 bridgehead atoms. The van der Waals surface area contributed by atoms with Crippen molar-refractivity contribution in [2.45, 2.75) is 0 Å². The summed E-state index contributed by atoms with van der Waals surface area (Å²) in [6.45, 7) is 0. The molecule has 0 saturated heterocycles. The van der Waals surface area contributed by atoms with Crippen molar-refractivity contribution in [3.63, 3.8) is 0 Å². The third-order valence-electron chi connectivity index (χ3n) is 13.0. The van der Waals surface area contributed by atoms with Crippen LogP contribution in [-0.4, -0.2) is 0 Å². The van der Waals surface area contributed by atoms with Gasteiger partial charge in [0.05, 0.1) is 11.4 Å². The Kier molecular flexibility index (Phi) is 9.89. The number of fused-ring (bicyclic) bond motifs is 4. The van der Waals surface area contributed by atoms with Gasteiger partial charge in [-0.05, 0) is 126 Å². The zero-order valence-electron chi connectivity index (χ0n) is 36.3. The van der Waals surface area contributed by atoms with E-state index >= 15 is 0 Å². The molecule has 12 rings (SSSR count). The van der Waals surface area contributed by atoms with Crippen LogP contribution in [0.25, 0.3) is 76.5 Å². The van der Waals surface area contributed by atoms with E-state index in [0.717, 1.165) is 45.3 Å². The van der Waals surface area contributed by atoms with Gasteiger partial charge in [-0.2, -0.15) is 0 Å². The molecule has 0 spiro atoms. The van der Waals surface area contributed by atoms with Gasteiger partial charge in [-0.25, -0.2) is 0 Å². The lowest BCUT2D eigenvalue weighted by Gasteiger charge is -2.28. The van der Waals surface area contributed by atoms with E-state index in [-0.39, 0.29) is 0 Å². The van der Waals surface area contributed by atoms with Gasteiger partial charge in [0.2, 0.25) is 0 Å². The van der Waals surface area contributed by atoms with Gasteiger partial charge < -0.3 is 9.80 Å². The highest BCUT2D eigenvalue weighted by Gasteiger charge is 2.20. The van der Waals surface area contributed by atoms with Crippen molar-refractivity contribution in [1.29, 1.82) is 0 Å². The van der Waals surface area contributed by atoms with Gasteiger partial charge >= 0.3 is 0 Å². The molecule has 12 aromatic carbocycles. The first-order chi connectivity index (χ1) is 32.7. The topological polar surface area (TPSA) is 6.48 Å². The molecule has 0 unspecified atom stereocenters. The van der Waals surface area contributed by atoms with Crippen LogP contribution in [0.1, 0.15) is 0 Å². The fraction of sp³-hybridized carbons (Fsp3) is 0. The van der Waals surface area contributed by atoms with Crippen LogP contribution in [0.4, 0.5) is 34.1 Å². The average Bonchev–Trinajstić information content (AvgIpc) is 3.40. The summed E-state index contributed by atoms with van der Waals surface area (Å²) in [5.41, 5.74) is 13.9. The molecule has 0 aliphatic rings. The van der Waals surface area contributed by atoms with Gasteiger partial charge in [-0.3, -0.25) is 0 Å². The molecule has 0 N–H and O–H groups in total. The number of anilines is 6. The number of hydrogen-bond donors (Lipinski definition) is 0. The molecule has 2 heteroatoms. The summed E-state index contributed by atoms with van der Waals surface area (Å²) in [5, 5.41) is 9.71. The molecule has 2 nitrogen and oxygen atoms in total. The third kappa shape index (κ3) is 7.12. The smallest absolute Gasteiger partial charge is 0.0540 e. The van der Waals surface area contributed by atoms with Crippen LogP contribution in [0.15, 0.2) is 267 Å². The zero-order valence-corrected chi connectivity index (χ0v) is 36.3. The Labute approximate surface area is 385 Å². The Morgan fingerprint density at radius 3 is 0.939 bits per heavy atom. The summed E-state index contributed by atoms with van der Waals surface area (Å²) >= 11 is 0. The molecule has 310 valence electrons. The van der Waals surface area contributed by atoms with Crippen molar-refractivity contribution in [3.05, 3.63) is 267 Å². The maximum atomic E-state index is 2.41. The molecule has 12 aromatic rings. The molecule has 0 fully saturated rings. The summed E-state index contributed by atoms with van der Waals surface area (Å²) in [5.74, 6) is 0. The van der Waals surface area contributed by atoms with Crippen LogP contribution in [-0.2, 0) is 0 Å². The molecule has 0 amide bonds. The van der Waals surface area contributed by atoms with E-state index in [2.05, 4.69) is 277 Å². The van der Waals surface area contributed by atoms with Gasteiger partial charge in [0.15, 0.2) is 0 Å². The van der Waals surface area contributed by atoms with Crippen LogP contribution in [0.3, 0.4) is 0 Å². The molecule has 0 aliphatic carbocycles. The minimum Gasteiger partial charge on any atom is -0.310 e. The van der Waals surface area contributed by atoms with Crippen molar-refractivity contribution >= 4 is 77.2 Å². The molecular weight excluding hydrogens is 797 g/mol. The number of rotatable bonds is 9. The van der Waals surface area contributed by atoms with Crippen LogP contribution >= 0.6 is 0 Å². The molecule has 66 heavy (non-hydrogen) atoms. The number of hydrogen-bond acceptors (Lipinski definition) is 2. The van der Waals surface area contributed by atoms with Crippen molar-refractivity contribution in [3.8, 4) is 33.4 Å². The highest BCUT2D eigenvalue weighted by molar-refractivity contribution is 6.08. The van der Waals surface area contributed by atoms with Crippen molar-refractivity contribution in [2.75, 3.05) is 9.80 Å². The SMILES string of the molecule is c1ccc(-c2ccc(N(c3ccc(-c4ccc(N(c5ccc6ccccc6c5)c5ccc(-c6ccccc6)c6ccccc56)cc4)cc3)c3ccc4ccccc4c3)c3ccccc23)cc1. The monoisotopic (exact) mass is 840 g/mol. The predicted molar refractivity (Wildman–Crippen MR) is 282 cm³/mol. The number of benzene rings is 12. The second-order valence-electron chi connectivity index (χ2n) is 16.9. The largest absolute Gasteiger partial charge is 0.310 e. The van der Waals surface area contributed by atoms with Crippen LogP contribution < -0.4 is 9.80 Å². The summed E-state index contributed by atoms with van der Waals surface area (Å²) in [6, 6.07) is 96.9. The Balaban J connectivity index is 0.945. The van der Waals surface area contributed by atoms with Crippen molar-refractivity contribution in [2.24, 2.45) is 0 Å². The van der Waals surface area contributed by atoms with Gasteiger partial charge in [0.25, 0.3) is 0 Å². The average molecular weight is 841 g/mol. The van der Waals surface area contributed by atoms with Gasteiger partial charge in [-0.1, -0.05) is 206 Å². The highest BCUT2D eigenvalue weighted by atomic mass is 15.1. The standard InChI is InChI=1S/C64H44N2/c1-3-17-49(18-4-1)57-39-41-63(61-25-13-11-23-59(57)61)65(55-37-31-45-15-7-9-21-51(45)43-55)53-33-27-47(28-34-53)48-29-35-54(36-30-48)66(56-38-32-46-16-8-10-22-52(46)44-56)64-42-40-58(50-19-5-2-6-20-50)60-24-12-14-26-62(60)64/h1-44H. The normalized spacial score (nSPS) is 11.3. The summed E-state index contributed by atoms with van der Waals surface area (Å²) in [7, 11) is 0. The quantitative estimate of drug-likeness (QED) is 0.143. The first-order valence-electron chi connectivity index (χ1n) is 22.7. The third-order valence-corrected chi connectivity index (χ3v) is 13.0. The maximum Gasteiger partial charge on any atom is 0.0540 e. The van der Waals surface area contributed by atoms with E-state index in [9.17, 15) is 0 Å². The van der Waals surface area contributed by atoms with E-state index in [1.54, 1.807) is 0 Å². The summed E-state index contributed by atoms with van der Waals surface area (Å²) in [4.78, 5) is 4.82. The van der Waals surface area contributed by atoms with E-state index in [1.165, 1.54) is 65.3 Å². The second kappa shape index (κ2) is 16.8. The minimum absolute atomic E-state index is 1.09. The van der Waals surface area contributed by atoms with E-state index in [0.29, 0.717) is 0 Å². The zero-order chi connectivity index (χ0) is 43.8. The lowest BCUT2D eigenvalue weighted by Crippen LogP contribution is -2.11. The summed E-state index contributed by atoms with van der Waals surface area (Å²) < 4.78 is 0. The van der Waals surface area contributed by atoms with Crippen molar-refractivity contribution < 1.29 is 0 Å². The lowest BCUT2D eigenvalue weighted by atomic mass is 9.96. The Bertz CT molecular complexity index is 3440. The number of nitrogens with zero attached hydrogens (tertiary/aromatic N) is 2. The molecule has 0 aliphatic heterocycles. The summed E-state index contributed by atoms with van der Waals surface area (Å²) in [6.07, 6.45) is 0. The molecule has 0 aromatic heterocycles. The Morgan fingerprint density at radius 2 is 0.530 bits per heavy atom. The van der Waals surface area contributed by atoms with Gasteiger partial charge in [0, 0.05) is 33.5 Å². The van der Waals surface area contributed by atoms with E-state index in [4.69, 9.17) is 0 Å². The van der Waals surface area contributed by atoms with E-state index in [1.807, 2.05) is 0 Å². The molecule has 0 heterocycles. The van der Waals surface area contributed by atoms with Crippen LogP contribution in [0.2, 0.25) is 0 Å². The Hall–Kier alpha value is -8.72. The molecule has 0 atom stereocenters. The van der Waals surface area contributed by atoms with Gasteiger partial charge in [0.1, 0.15) is 0 Å². The van der Waals surface area contributed by atoms with Crippen molar-refractivity contribution in [1.82, 2.24) is 0 Å². The minimum atomic E-state index is 1.09. The van der Waals surface area contributed by atoms with Crippen LogP contribution in [0.5, 0.6) is 0 Å². The molecule has 0 radical (unpaired) electrons. The van der Waals surface area contributed by atoms with Crippen LogP contribution in [0, 0.1) is 0 Å². The lowest BCUT2D eigenvalue weighted by molar-refractivity contribution is 1.30. The highest BCUT2D eigenvalue weighted by Crippen LogP contribution is 2.45. The molecule has 0 saturated carbocycles. The van der Waals surface area contributed by atoms with E-state index < -0.39 is 0 Å². The second-order valence-corrected chi connectivity index (χ2v) is 16.9. The molecular formula is C64H44N2. The maximum absolute atomic E-state index is 2.41. The predicted octanol–water partition coefficient (Wildman–Crippen LogP) is 18.2. The fourth-order valence-corrected chi connectivity index (χ4v) is 9.79. The first kappa shape index (κ1) is 38.9. The van der Waals surface area contributed by atoms with Gasteiger partial charge in [-0.15, -0.1) is 0 Å². The first-order valence-corrected chi connectivity index (χ1v) is 22.7.